The molecule has 0 aliphatic heterocycles. The molecular weight excluding hydrogens is 817 g/mol. The van der Waals surface area contributed by atoms with Gasteiger partial charge in [0, 0.05) is 48.6 Å². The molecule has 0 fully saturated rings. The lowest BCUT2D eigenvalue weighted by molar-refractivity contribution is 0.663. The van der Waals surface area contributed by atoms with Gasteiger partial charge >= 0.3 is 0 Å². The first-order chi connectivity index (χ1) is 32.5. The fourth-order valence-electron chi connectivity index (χ4n) is 11.5. The van der Waals surface area contributed by atoms with Gasteiger partial charge in [-0.15, -0.1) is 11.3 Å². The Morgan fingerprint density at radius 1 is 0.348 bits per heavy atom. The van der Waals surface area contributed by atoms with Gasteiger partial charge in [0.2, 0.25) is 0 Å². The third kappa shape index (κ3) is 5.29. The molecule has 0 unspecified atom stereocenters. The number of rotatable bonds is 7. The standard InChI is InChI=1S/C63H42N2S/c1-63(2)51-23-13-17-40-27-28-43-37-45(38-52(63)61(43)60(40)51)64(44-18-7-4-8-19-44)54-35-31-41-30-34-50-55(36-32-42-29-33-49(54)58(41)59(42)50)65(53-24-11-9-20-46(53)39-15-5-3-6-16-39)56-25-14-22-48-47-21-10-12-26-57(47)66-62(48)56/h3-38H,1-2H3. The van der Waals surface area contributed by atoms with Crippen molar-refractivity contribution in [3.63, 3.8) is 0 Å². The van der Waals surface area contributed by atoms with Crippen molar-refractivity contribution in [2.24, 2.45) is 0 Å². The summed E-state index contributed by atoms with van der Waals surface area (Å²) < 4.78 is 2.57. The van der Waals surface area contributed by atoms with Crippen LogP contribution in [0, 0.1) is 0 Å². The highest BCUT2D eigenvalue weighted by atomic mass is 32.1. The van der Waals surface area contributed by atoms with Crippen LogP contribution < -0.4 is 9.80 Å². The monoisotopic (exact) mass is 858 g/mol. The number of hydrogen-bond donors (Lipinski definition) is 0. The molecule has 1 aliphatic carbocycles. The number of nitrogens with zero attached hydrogens (tertiary/aromatic N) is 2. The van der Waals surface area contributed by atoms with E-state index in [2.05, 4.69) is 242 Å². The third-order valence-corrected chi connectivity index (χ3v) is 15.7. The Morgan fingerprint density at radius 2 is 0.924 bits per heavy atom. The Balaban J connectivity index is 1.03. The van der Waals surface area contributed by atoms with E-state index < -0.39 is 0 Å². The zero-order valence-corrected chi connectivity index (χ0v) is 37.4. The lowest BCUT2D eigenvalue weighted by Gasteiger charge is -2.31. The molecule has 2 nitrogen and oxygen atoms in total. The molecule has 0 N–H and O–H groups in total. The first-order valence-electron chi connectivity index (χ1n) is 22.9. The molecule has 0 atom stereocenters. The van der Waals surface area contributed by atoms with Crippen LogP contribution >= 0.6 is 11.3 Å². The first-order valence-corrected chi connectivity index (χ1v) is 23.7. The van der Waals surface area contributed by atoms with Gasteiger partial charge in [-0.05, 0) is 114 Å². The van der Waals surface area contributed by atoms with Crippen molar-refractivity contribution in [2.45, 2.75) is 19.3 Å². The molecule has 0 spiro atoms. The van der Waals surface area contributed by atoms with Crippen molar-refractivity contribution in [2.75, 3.05) is 9.80 Å². The first kappa shape index (κ1) is 37.4. The molecular formula is C63H42N2S. The van der Waals surface area contributed by atoms with Gasteiger partial charge in [-0.1, -0.05) is 178 Å². The lowest BCUT2D eigenvalue weighted by atomic mass is 9.81. The van der Waals surface area contributed by atoms with Gasteiger partial charge in [-0.2, -0.15) is 0 Å². The van der Waals surface area contributed by atoms with Crippen molar-refractivity contribution >= 4 is 119 Å². The summed E-state index contributed by atoms with van der Waals surface area (Å²) >= 11 is 1.88. The minimum atomic E-state index is -0.135. The molecule has 0 amide bonds. The Labute approximate surface area is 387 Å². The Kier molecular flexibility index (Phi) is 7.94. The molecule has 310 valence electrons. The van der Waals surface area contributed by atoms with E-state index in [1.54, 1.807) is 0 Å². The SMILES string of the molecule is CC1(C)c2cccc3ccc4cc(N(c5ccccc5)c5ccc6ccc7c(N(c8ccccc8-c8ccccc8)c8cccc9c8sc8ccccc89)ccc8ccc5c6c87)cc1c4c23. The Bertz CT molecular complexity index is 4090. The van der Waals surface area contributed by atoms with E-state index in [9.17, 15) is 0 Å². The predicted molar refractivity (Wildman–Crippen MR) is 285 cm³/mol. The molecule has 1 aromatic heterocycles. The van der Waals surface area contributed by atoms with E-state index in [4.69, 9.17) is 0 Å². The van der Waals surface area contributed by atoms with Gasteiger partial charge in [-0.25, -0.2) is 0 Å². The maximum atomic E-state index is 2.54. The molecule has 3 heteroatoms. The zero-order valence-electron chi connectivity index (χ0n) is 36.6. The van der Waals surface area contributed by atoms with Crippen LogP contribution in [0.2, 0.25) is 0 Å². The highest BCUT2D eigenvalue weighted by Gasteiger charge is 2.35. The van der Waals surface area contributed by atoms with Crippen LogP contribution in [0.5, 0.6) is 0 Å². The van der Waals surface area contributed by atoms with Crippen LogP contribution in [-0.4, -0.2) is 0 Å². The minimum Gasteiger partial charge on any atom is -0.310 e. The van der Waals surface area contributed by atoms with Gasteiger partial charge in [0.05, 0.1) is 27.4 Å². The summed E-state index contributed by atoms with van der Waals surface area (Å²) in [7, 11) is 0. The van der Waals surface area contributed by atoms with Crippen molar-refractivity contribution in [3.8, 4) is 11.1 Å². The second-order valence-electron chi connectivity index (χ2n) is 18.4. The summed E-state index contributed by atoms with van der Waals surface area (Å²) in [6.07, 6.45) is 0. The minimum absolute atomic E-state index is 0.135. The van der Waals surface area contributed by atoms with Crippen LogP contribution in [-0.2, 0) is 5.41 Å². The van der Waals surface area contributed by atoms with E-state index >= 15 is 0 Å². The van der Waals surface area contributed by atoms with Crippen molar-refractivity contribution < 1.29 is 0 Å². The molecule has 66 heavy (non-hydrogen) atoms. The molecule has 1 heterocycles. The predicted octanol–water partition coefficient (Wildman–Crippen LogP) is 18.5. The van der Waals surface area contributed by atoms with Gasteiger partial charge in [0.1, 0.15) is 0 Å². The van der Waals surface area contributed by atoms with Crippen LogP contribution in [0.4, 0.5) is 34.1 Å². The number of para-hydroxylation sites is 2. The molecule has 1 aliphatic rings. The number of hydrogen-bond acceptors (Lipinski definition) is 3. The maximum absolute atomic E-state index is 2.54. The van der Waals surface area contributed by atoms with Crippen LogP contribution in [0.3, 0.4) is 0 Å². The summed E-state index contributed by atoms with van der Waals surface area (Å²) in [6.45, 7) is 4.79. The Morgan fingerprint density at radius 3 is 1.71 bits per heavy atom. The molecule has 0 radical (unpaired) electrons. The van der Waals surface area contributed by atoms with Crippen LogP contribution in [0.25, 0.3) is 85.2 Å². The Hall–Kier alpha value is -7.98. The second-order valence-corrected chi connectivity index (χ2v) is 19.5. The highest BCUT2D eigenvalue weighted by molar-refractivity contribution is 7.26. The van der Waals surface area contributed by atoms with E-state index in [0.29, 0.717) is 0 Å². The topological polar surface area (TPSA) is 6.48 Å². The molecule has 0 saturated heterocycles. The number of anilines is 6. The van der Waals surface area contributed by atoms with Gasteiger partial charge < -0.3 is 9.80 Å². The van der Waals surface area contributed by atoms with E-state index in [1.165, 1.54) is 108 Å². The summed E-state index contributed by atoms with van der Waals surface area (Å²) in [5, 5.41) is 15.4. The zero-order chi connectivity index (χ0) is 43.7. The molecule has 12 aromatic carbocycles. The number of thiophene rings is 1. The van der Waals surface area contributed by atoms with Crippen molar-refractivity contribution in [1.29, 1.82) is 0 Å². The highest BCUT2D eigenvalue weighted by Crippen LogP contribution is 2.54. The third-order valence-electron chi connectivity index (χ3n) is 14.5. The van der Waals surface area contributed by atoms with Gasteiger partial charge in [-0.3, -0.25) is 0 Å². The number of benzene rings is 12. The summed E-state index contributed by atoms with van der Waals surface area (Å²) in [5.74, 6) is 0. The quantitative estimate of drug-likeness (QED) is 0.147. The normalized spacial score (nSPS) is 13.1. The summed E-state index contributed by atoms with van der Waals surface area (Å²) in [4.78, 5) is 5.04. The second kappa shape index (κ2) is 14.0. The fraction of sp³-hybridized carbons (Fsp3) is 0.0476. The van der Waals surface area contributed by atoms with Crippen LogP contribution in [0.15, 0.2) is 218 Å². The number of fused-ring (bicyclic) bond motifs is 3. The van der Waals surface area contributed by atoms with E-state index in [0.717, 1.165) is 22.7 Å². The smallest absolute Gasteiger partial charge is 0.0640 e. The van der Waals surface area contributed by atoms with Gasteiger partial charge in [0.25, 0.3) is 0 Å². The lowest BCUT2D eigenvalue weighted by Crippen LogP contribution is -2.17. The molecule has 14 rings (SSSR count). The molecule has 13 aromatic rings. The van der Waals surface area contributed by atoms with Crippen LogP contribution in [0.1, 0.15) is 25.0 Å². The van der Waals surface area contributed by atoms with Crippen molar-refractivity contribution in [1.82, 2.24) is 0 Å². The summed E-state index contributed by atoms with van der Waals surface area (Å²) in [5.41, 5.74) is 12.0. The largest absolute Gasteiger partial charge is 0.310 e. The molecule has 0 bridgehead atoms. The average molecular weight is 859 g/mol. The van der Waals surface area contributed by atoms with Gasteiger partial charge in [0.15, 0.2) is 0 Å². The van der Waals surface area contributed by atoms with E-state index in [-0.39, 0.29) is 5.41 Å². The maximum Gasteiger partial charge on any atom is 0.0640 e. The van der Waals surface area contributed by atoms with Crippen molar-refractivity contribution in [3.05, 3.63) is 230 Å². The molecule has 0 saturated carbocycles. The average Bonchev–Trinajstić information content (AvgIpc) is 3.87. The fourth-order valence-corrected chi connectivity index (χ4v) is 12.7. The van der Waals surface area contributed by atoms with E-state index in [1.807, 2.05) is 11.3 Å². The summed E-state index contributed by atoms with van der Waals surface area (Å²) in [6, 6.07) is 81.4.